The van der Waals surface area contributed by atoms with Crippen LogP contribution in [0, 0.1) is 5.41 Å². The Kier molecular flexibility index (Phi) is 5.43. The summed E-state index contributed by atoms with van der Waals surface area (Å²) in [5.41, 5.74) is -3.23. The van der Waals surface area contributed by atoms with Crippen LogP contribution in [0.2, 0.25) is 0 Å². The van der Waals surface area contributed by atoms with Crippen molar-refractivity contribution in [3.05, 3.63) is 53.1 Å². The highest BCUT2D eigenvalue weighted by atomic mass is 16.6. The third-order valence-electron chi connectivity index (χ3n) is 13.6. The van der Waals surface area contributed by atoms with E-state index in [0.29, 0.717) is 61.3 Å². The molecule has 2 aromatic rings. The Morgan fingerprint density at radius 1 is 1.08 bits per heavy atom. The minimum atomic E-state index is -1.42. The summed E-state index contributed by atoms with van der Waals surface area (Å²) in [5, 5.41) is 27.2. The predicted molar refractivity (Wildman–Crippen MR) is 174 cm³/mol. The van der Waals surface area contributed by atoms with Gasteiger partial charge in [0, 0.05) is 37.9 Å². The van der Waals surface area contributed by atoms with Crippen molar-refractivity contribution in [2.45, 2.75) is 86.5 Å². The zero-order valence-corrected chi connectivity index (χ0v) is 27.5. The number of Topliss-reactive ketones (excluding diaryl/α,β-unsaturated/α-hetero) is 1. The first kappa shape index (κ1) is 29.5. The zero-order valence-electron chi connectivity index (χ0n) is 27.5. The predicted octanol–water partition coefficient (Wildman–Crippen LogP) is 2.85. The Morgan fingerprint density at radius 3 is 2.71 bits per heavy atom. The second-order valence-electron chi connectivity index (χ2n) is 15.1. The number of hydrogen-bond acceptors (Lipinski definition) is 10. The second kappa shape index (κ2) is 9.02. The number of ketones is 1. The van der Waals surface area contributed by atoms with Crippen molar-refractivity contribution in [1.29, 1.82) is 0 Å². The lowest BCUT2D eigenvalue weighted by Crippen LogP contribution is -2.73. The molecule has 10 rings (SSSR count). The minimum Gasteiger partial charge on any atom is -0.506 e. The lowest BCUT2D eigenvalue weighted by molar-refractivity contribution is -0.206. The van der Waals surface area contributed by atoms with Gasteiger partial charge in [-0.05, 0) is 55.5 Å². The monoisotopic (exact) mass is 666 g/mol. The highest BCUT2D eigenvalue weighted by Crippen LogP contribution is 2.74. The highest BCUT2D eigenvalue weighted by Gasteiger charge is 2.82. The van der Waals surface area contributed by atoms with E-state index in [1.807, 2.05) is 6.07 Å². The third kappa shape index (κ3) is 2.85. The van der Waals surface area contributed by atoms with Crippen molar-refractivity contribution in [2.75, 3.05) is 36.5 Å². The number of benzene rings is 2. The molecular weight excluding hydrogens is 628 g/mol. The van der Waals surface area contributed by atoms with Crippen molar-refractivity contribution >= 4 is 34.9 Å². The maximum Gasteiger partial charge on any atom is 0.308 e. The van der Waals surface area contributed by atoms with E-state index in [4.69, 9.17) is 9.47 Å². The molecule has 0 aromatic heterocycles. The van der Waals surface area contributed by atoms with Gasteiger partial charge in [0.1, 0.15) is 5.75 Å². The largest absolute Gasteiger partial charge is 0.506 e. The average molecular weight is 667 g/mol. The van der Waals surface area contributed by atoms with Crippen molar-refractivity contribution in [3.8, 4) is 17.2 Å². The fourth-order valence-electron chi connectivity index (χ4n) is 12.1. The summed E-state index contributed by atoms with van der Waals surface area (Å²) in [7, 11) is 1.44. The summed E-state index contributed by atoms with van der Waals surface area (Å²) in [5.74, 6) is -1.23. The van der Waals surface area contributed by atoms with Gasteiger partial charge in [-0.2, -0.15) is 0 Å². The van der Waals surface area contributed by atoms with Gasteiger partial charge in [0.2, 0.25) is 11.8 Å². The number of carbonyl (C=O) groups is 4. The highest BCUT2D eigenvalue weighted by molar-refractivity contribution is 6.17. The number of amides is 2. The first-order valence-electron chi connectivity index (χ1n) is 17.5. The van der Waals surface area contributed by atoms with Crippen molar-refractivity contribution in [1.82, 2.24) is 10.2 Å². The lowest BCUT2D eigenvalue weighted by Gasteiger charge is -2.59. The number of esters is 1. The van der Waals surface area contributed by atoms with Crippen molar-refractivity contribution < 1.29 is 38.9 Å². The summed E-state index contributed by atoms with van der Waals surface area (Å²) in [6.45, 7) is 3.38. The van der Waals surface area contributed by atoms with Crippen LogP contribution in [0.15, 0.2) is 36.4 Å². The van der Waals surface area contributed by atoms with Gasteiger partial charge in [-0.25, -0.2) is 0 Å². The molecule has 6 unspecified atom stereocenters. The molecule has 49 heavy (non-hydrogen) atoms. The maximum absolute atomic E-state index is 15.3. The normalized spacial score (nSPS) is 37.7. The molecule has 254 valence electrons. The molecule has 1 saturated carbocycles. The number of ether oxygens (including phenoxy) is 2. The number of rotatable bonds is 3. The van der Waals surface area contributed by atoms with Crippen LogP contribution in [0.5, 0.6) is 17.2 Å². The number of piperidine rings is 1. The number of methoxy groups -OCH3 is 1. The zero-order chi connectivity index (χ0) is 33.9. The van der Waals surface area contributed by atoms with Crippen LogP contribution in [0.4, 0.5) is 11.4 Å². The van der Waals surface area contributed by atoms with E-state index in [0.717, 1.165) is 0 Å². The molecule has 7 aliphatic heterocycles. The smallest absolute Gasteiger partial charge is 0.308 e. The fourth-order valence-corrected chi connectivity index (χ4v) is 12.1. The molecule has 2 bridgehead atoms. The van der Waals surface area contributed by atoms with Crippen LogP contribution in [0.3, 0.4) is 0 Å². The van der Waals surface area contributed by atoms with E-state index in [2.05, 4.69) is 22.4 Å². The summed E-state index contributed by atoms with van der Waals surface area (Å²) < 4.78 is 12.7. The van der Waals surface area contributed by atoms with Gasteiger partial charge >= 0.3 is 5.97 Å². The van der Waals surface area contributed by atoms with Crippen molar-refractivity contribution in [2.24, 2.45) is 5.41 Å². The molecule has 5 fully saturated rings. The van der Waals surface area contributed by atoms with Gasteiger partial charge in [-0.15, -0.1) is 0 Å². The fraction of sp³-hybridized carbons (Fsp3) is 0.514. The number of para-hydroxylation sites is 1. The summed E-state index contributed by atoms with van der Waals surface area (Å²) >= 11 is 0. The standard InChI is InChI=1S/C37H38N4O8/c1-3-25(43)40-24-8-11-33-10-5-16-39-17-14-35(24,37(33,39)49-27(45)19-33)21-18-22(31(48-2)30(46)29(21)40)34-13-15-38-36(32(34)47)12-9-26(44)41(36)28-20(34)6-4-7-23(28)42/h4-7,10,18,24,38,42,46H,3,8-9,11-17,19H2,1-2H3. The van der Waals surface area contributed by atoms with Gasteiger partial charge in [0.05, 0.1) is 47.2 Å². The number of anilines is 2. The van der Waals surface area contributed by atoms with Gasteiger partial charge in [0.15, 0.2) is 28.7 Å². The molecule has 4 saturated heterocycles. The van der Waals surface area contributed by atoms with E-state index >= 15 is 4.79 Å². The summed E-state index contributed by atoms with van der Waals surface area (Å²) in [4.78, 5) is 61.7. The first-order chi connectivity index (χ1) is 23.6. The number of fused-ring (bicyclic) bond motifs is 5. The number of nitrogens with one attached hydrogen (secondary N) is 1. The van der Waals surface area contributed by atoms with Crippen molar-refractivity contribution in [3.63, 3.8) is 0 Å². The quantitative estimate of drug-likeness (QED) is 0.330. The molecule has 0 radical (unpaired) electrons. The minimum absolute atomic E-state index is 0.0748. The van der Waals surface area contributed by atoms with Gasteiger partial charge in [0.25, 0.3) is 0 Å². The Hall–Kier alpha value is -4.42. The van der Waals surface area contributed by atoms with E-state index in [1.54, 1.807) is 24.0 Å². The molecule has 2 amide bonds. The number of phenolic OH excluding ortho intramolecular Hbond substituents is 2. The van der Waals surface area contributed by atoms with Crippen LogP contribution in [-0.2, 0) is 34.7 Å². The molecule has 3 spiro atoms. The summed E-state index contributed by atoms with van der Waals surface area (Å²) in [6.07, 6.45) is 7.14. The lowest BCUT2D eigenvalue weighted by atomic mass is 9.51. The summed E-state index contributed by atoms with van der Waals surface area (Å²) in [6, 6.07) is 6.50. The number of carbonyl (C=O) groups excluding carboxylic acids is 4. The van der Waals surface area contributed by atoms with E-state index in [1.165, 1.54) is 18.1 Å². The number of nitrogens with zero attached hydrogens (tertiary/aromatic N) is 3. The Bertz CT molecular complexity index is 2000. The number of phenols is 2. The maximum atomic E-state index is 15.3. The SMILES string of the molecule is CCC(=O)N1c2c(cc(C34CCNC5(CCC(=O)N5c5c(O)cccc53)C4=O)c(OC)c2O)C23CCN4CC=CC5(CCC12)CC(=O)OC453. The van der Waals surface area contributed by atoms with Gasteiger partial charge < -0.3 is 24.6 Å². The molecule has 12 nitrogen and oxygen atoms in total. The van der Waals surface area contributed by atoms with Crippen LogP contribution in [0.1, 0.15) is 75.0 Å². The molecular formula is C37H38N4O8. The molecule has 1 aliphatic carbocycles. The van der Waals surface area contributed by atoms with E-state index in [9.17, 15) is 24.6 Å². The van der Waals surface area contributed by atoms with E-state index in [-0.39, 0.29) is 78.6 Å². The molecule has 12 heteroatoms. The number of hydrogen-bond donors (Lipinski definition) is 3. The topological polar surface area (TPSA) is 149 Å². The Morgan fingerprint density at radius 2 is 1.92 bits per heavy atom. The van der Waals surface area contributed by atoms with Crippen LogP contribution in [-0.4, -0.2) is 82.9 Å². The number of aromatic hydroxyl groups is 2. The average Bonchev–Trinajstić information content (AvgIpc) is 3.79. The van der Waals surface area contributed by atoms with Crippen LogP contribution < -0.4 is 19.9 Å². The second-order valence-corrected chi connectivity index (χ2v) is 15.1. The van der Waals surface area contributed by atoms with E-state index < -0.39 is 33.7 Å². The Labute approximate surface area is 282 Å². The third-order valence-corrected chi connectivity index (χ3v) is 13.6. The molecule has 3 N–H and O–H groups in total. The Balaban J connectivity index is 1.32. The molecule has 8 aliphatic rings. The first-order valence-corrected chi connectivity index (χ1v) is 17.5. The molecule has 2 aromatic carbocycles. The molecule has 6 atom stereocenters. The van der Waals surface area contributed by atoms with Crippen LogP contribution >= 0.6 is 0 Å². The van der Waals surface area contributed by atoms with Crippen LogP contribution in [0.25, 0.3) is 0 Å². The van der Waals surface area contributed by atoms with Gasteiger partial charge in [-0.1, -0.05) is 31.2 Å². The molecule has 7 heterocycles. The van der Waals surface area contributed by atoms with Gasteiger partial charge in [-0.3, -0.25) is 34.3 Å².